The van der Waals surface area contributed by atoms with Gasteiger partial charge in [-0.3, -0.25) is 0 Å². The molecule has 1 aliphatic carbocycles. The number of carboxylic acid groups (broad SMARTS) is 1. The van der Waals surface area contributed by atoms with Gasteiger partial charge in [-0.25, -0.2) is 14.5 Å². The Balaban J connectivity index is 2.73. The number of imide groups is 1. The second kappa shape index (κ2) is 4.91. The molecule has 2 atom stereocenters. The summed E-state index contributed by atoms with van der Waals surface area (Å²) < 4.78 is 5.03. The van der Waals surface area contributed by atoms with E-state index in [0.717, 1.165) is 0 Å². The van der Waals surface area contributed by atoms with Crippen LogP contribution in [0.2, 0.25) is 0 Å². The zero-order valence-corrected chi connectivity index (χ0v) is 10.3. The third-order valence-electron chi connectivity index (χ3n) is 2.54. The summed E-state index contributed by atoms with van der Waals surface area (Å²) in [4.78, 5) is 23.5. The highest BCUT2D eigenvalue weighted by Gasteiger charge is 2.37. The number of aliphatic hydroxyl groups is 1. The number of carbonyl (C=O) groups is 2. The van der Waals surface area contributed by atoms with Crippen LogP contribution in [-0.4, -0.2) is 45.0 Å². The molecule has 0 bridgehead atoms. The summed E-state index contributed by atoms with van der Waals surface area (Å²) in [7, 11) is 0. The first kappa shape index (κ1) is 13.8. The van der Waals surface area contributed by atoms with Crippen molar-refractivity contribution in [3.63, 3.8) is 0 Å². The second-order valence-corrected chi connectivity index (χ2v) is 5.25. The number of amides is 2. The number of rotatable bonds is 1. The van der Waals surface area contributed by atoms with Gasteiger partial charge in [0.15, 0.2) is 0 Å². The molecule has 0 spiro atoms. The zero-order valence-electron chi connectivity index (χ0n) is 10.3. The molecule has 0 aliphatic heterocycles. The summed E-state index contributed by atoms with van der Waals surface area (Å²) in [5.41, 5.74) is -0.734. The number of nitrogens with zero attached hydrogens (tertiary/aromatic N) is 1. The van der Waals surface area contributed by atoms with Crippen LogP contribution in [-0.2, 0) is 4.74 Å². The summed E-state index contributed by atoms with van der Waals surface area (Å²) in [6.45, 7) is 5.03. The molecule has 1 saturated carbocycles. The molecule has 0 aromatic rings. The molecule has 1 fully saturated rings. The van der Waals surface area contributed by atoms with Crippen LogP contribution in [0.15, 0.2) is 0 Å². The van der Waals surface area contributed by atoms with Gasteiger partial charge in [0.1, 0.15) is 5.60 Å². The Kier molecular flexibility index (Phi) is 3.98. The van der Waals surface area contributed by atoms with Gasteiger partial charge >= 0.3 is 12.2 Å². The minimum absolute atomic E-state index is 0.283. The normalized spacial score (nSPS) is 24.5. The summed E-state index contributed by atoms with van der Waals surface area (Å²) >= 11 is 0. The fourth-order valence-electron chi connectivity index (χ4n) is 1.86. The van der Waals surface area contributed by atoms with Crippen LogP contribution in [0.1, 0.15) is 40.0 Å². The molecule has 6 nitrogen and oxygen atoms in total. The van der Waals surface area contributed by atoms with Crippen molar-refractivity contribution in [2.45, 2.75) is 57.8 Å². The van der Waals surface area contributed by atoms with Crippen molar-refractivity contribution in [2.75, 3.05) is 0 Å². The Morgan fingerprint density at radius 3 is 2.24 bits per heavy atom. The Bertz CT molecular complexity index is 309. The predicted molar refractivity (Wildman–Crippen MR) is 59.7 cm³/mol. The minimum Gasteiger partial charge on any atom is -0.465 e. The first-order valence-corrected chi connectivity index (χ1v) is 5.64. The molecule has 0 aromatic heterocycles. The highest BCUT2D eigenvalue weighted by Crippen LogP contribution is 2.25. The van der Waals surface area contributed by atoms with E-state index in [1.165, 1.54) is 0 Å². The van der Waals surface area contributed by atoms with Gasteiger partial charge in [0.25, 0.3) is 0 Å². The molecular weight excluding hydrogens is 226 g/mol. The van der Waals surface area contributed by atoms with Crippen LogP contribution < -0.4 is 0 Å². The van der Waals surface area contributed by atoms with Crippen molar-refractivity contribution in [1.29, 1.82) is 0 Å². The molecule has 0 aromatic carbocycles. The van der Waals surface area contributed by atoms with E-state index in [-0.39, 0.29) is 6.42 Å². The first-order valence-electron chi connectivity index (χ1n) is 5.64. The Hall–Kier alpha value is -1.30. The standard InChI is InChI=1S/C11H19NO5/c1-11(2,3)17-10(16)12(9(14)15)7-4-5-8(13)6-7/h7-8,13H,4-6H2,1-3H3,(H,14,15). The molecule has 2 amide bonds. The van der Waals surface area contributed by atoms with Gasteiger partial charge in [-0.15, -0.1) is 0 Å². The van der Waals surface area contributed by atoms with Gasteiger partial charge in [0, 0.05) is 6.04 Å². The number of carbonyl (C=O) groups excluding carboxylic acids is 1. The average Bonchev–Trinajstić information content (AvgIpc) is 2.47. The lowest BCUT2D eigenvalue weighted by molar-refractivity contribution is 0.0185. The molecule has 0 heterocycles. The maximum Gasteiger partial charge on any atom is 0.420 e. The SMILES string of the molecule is CC(C)(C)OC(=O)N(C(=O)O)C1CCC(O)C1. The van der Waals surface area contributed by atoms with Gasteiger partial charge in [-0.1, -0.05) is 0 Å². The number of hydrogen-bond donors (Lipinski definition) is 2. The van der Waals surface area contributed by atoms with Crippen molar-refractivity contribution >= 4 is 12.2 Å². The monoisotopic (exact) mass is 245 g/mol. The Labute approximate surface area is 100 Å². The topological polar surface area (TPSA) is 87.1 Å². The Morgan fingerprint density at radius 2 is 1.88 bits per heavy atom. The second-order valence-electron chi connectivity index (χ2n) is 5.25. The first-order chi connectivity index (χ1) is 7.70. The third-order valence-corrected chi connectivity index (χ3v) is 2.54. The largest absolute Gasteiger partial charge is 0.465 e. The lowest BCUT2D eigenvalue weighted by atomic mass is 10.2. The molecule has 98 valence electrons. The van der Waals surface area contributed by atoms with E-state index in [0.29, 0.717) is 17.7 Å². The van der Waals surface area contributed by atoms with Gasteiger partial charge in [-0.2, -0.15) is 0 Å². The zero-order chi connectivity index (χ0) is 13.2. The third kappa shape index (κ3) is 3.89. The van der Waals surface area contributed by atoms with Gasteiger partial charge in [0.05, 0.1) is 6.10 Å². The molecule has 0 saturated heterocycles. The summed E-state index contributed by atoms with van der Waals surface area (Å²) in [5, 5.41) is 18.4. The highest BCUT2D eigenvalue weighted by molar-refractivity contribution is 5.87. The van der Waals surface area contributed by atoms with Crippen molar-refractivity contribution < 1.29 is 24.5 Å². The number of hydrogen-bond acceptors (Lipinski definition) is 4. The predicted octanol–water partition coefficient (Wildman–Crippen LogP) is 1.81. The minimum atomic E-state index is -1.33. The van der Waals surface area contributed by atoms with Crippen LogP contribution in [0.3, 0.4) is 0 Å². The van der Waals surface area contributed by atoms with Crippen molar-refractivity contribution in [3.05, 3.63) is 0 Å². The maximum absolute atomic E-state index is 11.7. The smallest absolute Gasteiger partial charge is 0.420 e. The maximum atomic E-state index is 11.7. The molecule has 1 aliphatic rings. The van der Waals surface area contributed by atoms with Crippen LogP contribution in [0.25, 0.3) is 0 Å². The molecule has 2 N–H and O–H groups in total. The Morgan fingerprint density at radius 1 is 1.29 bits per heavy atom. The van der Waals surface area contributed by atoms with Gasteiger partial charge < -0.3 is 14.9 Å². The highest BCUT2D eigenvalue weighted by atomic mass is 16.6. The van der Waals surface area contributed by atoms with Gasteiger partial charge in [0.2, 0.25) is 0 Å². The lowest BCUT2D eigenvalue weighted by Gasteiger charge is -2.27. The summed E-state index contributed by atoms with van der Waals surface area (Å²) in [6, 6.07) is -0.489. The fraction of sp³-hybridized carbons (Fsp3) is 0.818. The average molecular weight is 245 g/mol. The molecule has 6 heteroatoms. The van der Waals surface area contributed by atoms with Crippen molar-refractivity contribution in [3.8, 4) is 0 Å². The molecular formula is C11H19NO5. The number of aliphatic hydroxyl groups excluding tert-OH is 1. The van der Waals surface area contributed by atoms with E-state index >= 15 is 0 Å². The molecule has 0 radical (unpaired) electrons. The summed E-state index contributed by atoms with van der Waals surface area (Å²) in [6.07, 6.45) is -1.47. The van der Waals surface area contributed by atoms with Gasteiger partial charge in [-0.05, 0) is 40.0 Å². The van der Waals surface area contributed by atoms with Crippen LogP contribution in [0.4, 0.5) is 9.59 Å². The quantitative estimate of drug-likeness (QED) is 0.735. The van der Waals surface area contributed by atoms with E-state index in [9.17, 15) is 14.7 Å². The van der Waals surface area contributed by atoms with Crippen LogP contribution in [0, 0.1) is 0 Å². The fourth-order valence-corrected chi connectivity index (χ4v) is 1.86. The van der Waals surface area contributed by atoms with Crippen LogP contribution >= 0.6 is 0 Å². The van der Waals surface area contributed by atoms with E-state index in [4.69, 9.17) is 9.84 Å². The van der Waals surface area contributed by atoms with Crippen LogP contribution in [0.5, 0.6) is 0 Å². The number of ether oxygens (including phenoxy) is 1. The van der Waals surface area contributed by atoms with E-state index < -0.39 is 29.9 Å². The lowest BCUT2D eigenvalue weighted by Crippen LogP contribution is -2.45. The van der Waals surface area contributed by atoms with E-state index in [1.54, 1.807) is 20.8 Å². The van der Waals surface area contributed by atoms with E-state index in [2.05, 4.69) is 0 Å². The van der Waals surface area contributed by atoms with Crippen molar-refractivity contribution in [2.24, 2.45) is 0 Å². The molecule has 2 unspecified atom stereocenters. The molecule has 1 rings (SSSR count). The van der Waals surface area contributed by atoms with E-state index in [1.807, 2.05) is 0 Å². The summed E-state index contributed by atoms with van der Waals surface area (Å²) in [5.74, 6) is 0. The van der Waals surface area contributed by atoms with Crippen molar-refractivity contribution in [1.82, 2.24) is 4.90 Å². The molecule has 17 heavy (non-hydrogen) atoms.